The van der Waals surface area contributed by atoms with Crippen LogP contribution in [-0.2, 0) is 22.7 Å². The van der Waals surface area contributed by atoms with E-state index in [9.17, 15) is 9.59 Å². The first kappa shape index (κ1) is 42.2. The lowest BCUT2D eigenvalue weighted by molar-refractivity contribution is 0.00742. The molecule has 1 saturated heterocycles. The van der Waals surface area contributed by atoms with E-state index in [0.29, 0.717) is 40.5 Å². The van der Waals surface area contributed by atoms with E-state index in [0.717, 1.165) is 92.8 Å². The minimum Gasteiger partial charge on any atom is -0.397 e. The average molecular weight is 894 g/mol. The quantitative estimate of drug-likeness (QED) is 0.0427. The van der Waals surface area contributed by atoms with Crippen molar-refractivity contribution in [3.63, 3.8) is 0 Å². The van der Waals surface area contributed by atoms with Crippen LogP contribution < -0.4 is 27.4 Å². The second kappa shape index (κ2) is 19.5. The number of morpholine rings is 1. The van der Waals surface area contributed by atoms with E-state index < -0.39 is 0 Å². The minimum atomic E-state index is -0.192. The molecule has 3 heterocycles. The molecule has 1 unspecified atom stereocenters. The molecule has 63 heavy (non-hydrogen) atoms. The Kier molecular flexibility index (Phi) is 13.1. The lowest BCUT2D eigenvalue weighted by Crippen LogP contribution is -2.48. The highest BCUT2D eigenvalue weighted by molar-refractivity contribution is 8.00. The van der Waals surface area contributed by atoms with Gasteiger partial charge in [-0.05, 0) is 102 Å². The van der Waals surface area contributed by atoms with Gasteiger partial charge in [-0.2, -0.15) is 0 Å². The normalized spacial score (nSPS) is 15.1. The van der Waals surface area contributed by atoms with E-state index in [4.69, 9.17) is 26.2 Å². The number of aromatic amines is 1. The first-order valence-corrected chi connectivity index (χ1v) is 23.6. The van der Waals surface area contributed by atoms with Gasteiger partial charge < -0.3 is 37.1 Å². The molecule has 8 N–H and O–H groups in total. The number of benzene rings is 5. The van der Waals surface area contributed by atoms with Gasteiger partial charge in [0.25, 0.3) is 11.8 Å². The van der Waals surface area contributed by atoms with Crippen molar-refractivity contribution in [2.75, 3.05) is 60.3 Å². The smallest absolute Gasteiger partial charge is 0.255 e. The number of ether oxygens (including phenoxy) is 1. The molecule has 0 bridgehead atoms. The predicted molar refractivity (Wildman–Crippen MR) is 259 cm³/mol. The third kappa shape index (κ3) is 10.4. The zero-order valence-corrected chi connectivity index (χ0v) is 36.9. The summed E-state index contributed by atoms with van der Waals surface area (Å²) >= 11 is 5.06. The molecule has 2 amide bonds. The topological polar surface area (TPSA) is 176 Å². The maximum absolute atomic E-state index is 12.8. The number of nitrogens with zero attached hydrogens (tertiary/aromatic N) is 3. The number of H-pyrrole nitrogens is 1. The number of amides is 2. The molecule has 320 valence electrons. The molecule has 2 aliphatic rings. The van der Waals surface area contributed by atoms with Crippen molar-refractivity contribution in [1.29, 1.82) is 0 Å². The van der Waals surface area contributed by atoms with Crippen molar-refractivity contribution in [3.05, 3.63) is 154 Å². The predicted octanol–water partition coefficient (Wildman–Crippen LogP) is 9.42. The van der Waals surface area contributed by atoms with Gasteiger partial charge in [-0.25, -0.2) is 9.97 Å². The number of nitrogen functional groups attached to an aromatic ring is 2. The molecule has 5 aromatic carbocycles. The first-order chi connectivity index (χ1) is 30.8. The SMILES string of the molecule is Nc1ccccc1NC(=O)c1ccc(CSc2nc3c([nH]2)CCC(C2COCCN2CCNc2ccc4nc(SCc5ccc(C(=O)Nc6ccccc6N)cc5)sc4c2)=C3)cc1. The van der Waals surface area contributed by atoms with Crippen molar-refractivity contribution in [2.45, 2.75) is 39.9 Å². The van der Waals surface area contributed by atoms with Gasteiger partial charge in [0.1, 0.15) is 0 Å². The number of fused-ring (bicyclic) bond motifs is 2. The number of nitrogens with two attached hydrogens (primary N) is 2. The van der Waals surface area contributed by atoms with Gasteiger partial charge in [-0.15, -0.1) is 11.3 Å². The van der Waals surface area contributed by atoms with Crippen LogP contribution in [0.5, 0.6) is 0 Å². The maximum atomic E-state index is 12.8. The molecule has 12 nitrogen and oxygen atoms in total. The number of imidazole rings is 1. The number of carbonyl (C=O) groups is 2. The Hall–Kier alpha value is -6.10. The Morgan fingerprint density at radius 2 is 1.44 bits per heavy atom. The van der Waals surface area contributed by atoms with Gasteiger partial charge >= 0.3 is 0 Å². The molecule has 15 heteroatoms. The van der Waals surface area contributed by atoms with Gasteiger partial charge in [0, 0.05) is 53.6 Å². The Morgan fingerprint density at radius 3 is 2.11 bits per heavy atom. The van der Waals surface area contributed by atoms with E-state index in [1.165, 1.54) is 11.3 Å². The summed E-state index contributed by atoms with van der Waals surface area (Å²) in [5, 5.41) is 10.3. The van der Waals surface area contributed by atoms with Crippen molar-refractivity contribution < 1.29 is 14.3 Å². The summed E-state index contributed by atoms with van der Waals surface area (Å²) in [6.07, 6.45) is 4.14. The van der Waals surface area contributed by atoms with Crippen LogP contribution in [0.4, 0.5) is 28.4 Å². The number of nitrogens with one attached hydrogen (secondary N) is 4. The number of thioether (sulfide) groups is 2. The van der Waals surface area contributed by atoms with Crippen molar-refractivity contribution in [1.82, 2.24) is 19.9 Å². The Bertz CT molecular complexity index is 2770. The minimum absolute atomic E-state index is 0.190. The van der Waals surface area contributed by atoms with E-state index in [1.54, 1.807) is 59.1 Å². The number of aryl methyl sites for hydroxylation is 1. The maximum Gasteiger partial charge on any atom is 0.255 e. The van der Waals surface area contributed by atoms with Crippen LogP contribution in [0.1, 0.15) is 49.7 Å². The summed E-state index contributed by atoms with van der Waals surface area (Å²) in [5.74, 6) is 1.10. The second-order valence-corrected chi connectivity index (χ2v) is 18.6. The molecule has 0 spiro atoms. The van der Waals surface area contributed by atoms with Crippen molar-refractivity contribution in [3.8, 4) is 0 Å². The number of anilines is 5. The molecule has 2 aromatic heterocycles. The summed E-state index contributed by atoms with van der Waals surface area (Å²) in [6.45, 7) is 3.98. The standard InChI is InChI=1S/C48H47N9O3S3/c49-36-5-1-3-7-38(36)52-45(58)32-13-9-30(10-14-32)28-61-47-54-40-19-17-34(25-42(40)55-47)43-27-60-24-23-57(43)22-21-51-35-18-20-41-44(26-35)63-48(56-41)62-29-31-11-15-33(16-12-31)46(59)53-39-8-4-2-6-37(39)50/h1-16,18,20,25-26,43,51H,17,19,21-24,27-29,49-50H2,(H,52,58)(H,53,59)(H,54,55). The molecule has 1 fully saturated rings. The summed E-state index contributed by atoms with van der Waals surface area (Å²) in [5.41, 5.74) is 23.2. The largest absolute Gasteiger partial charge is 0.397 e. The van der Waals surface area contributed by atoms with Crippen molar-refractivity contribution in [2.24, 2.45) is 0 Å². The zero-order valence-electron chi connectivity index (χ0n) is 34.4. The average Bonchev–Trinajstić information content (AvgIpc) is 3.92. The van der Waals surface area contributed by atoms with Crippen LogP contribution in [0.15, 0.2) is 130 Å². The Labute approximate surface area is 378 Å². The van der Waals surface area contributed by atoms with Crippen LogP contribution in [0.2, 0.25) is 0 Å². The highest BCUT2D eigenvalue weighted by Gasteiger charge is 2.29. The number of para-hydroxylation sites is 4. The number of hydrogen-bond acceptors (Lipinski definition) is 12. The van der Waals surface area contributed by atoms with Crippen molar-refractivity contribution >= 4 is 91.4 Å². The van der Waals surface area contributed by atoms with E-state index in [-0.39, 0.29) is 17.9 Å². The molecule has 1 atom stereocenters. The third-order valence-corrected chi connectivity index (χ3v) is 14.3. The molecule has 9 rings (SSSR count). The Balaban J connectivity index is 0.747. The Morgan fingerprint density at radius 1 is 0.794 bits per heavy atom. The van der Waals surface area contributed by atoms with Gasteiger partial charge in [0.15, 0.2) is 9.50 Å². The molecule has 0 saturated carbocycles. The molecule has 7 aromatic rings. The van der Waals surface area contributed by atoms with Crippen LogP contribution >= 0.6 is 34.9 Å². The number of rotatable bonds is 15. The molecule has 0 radical (unpaired) electrons. The van der Waals surface area contributed by atoms with Crippen LogP contribution in [-0.4, -0.2) is 70.6 Å². The summed E-state index contributed by atoms with van der Waals surface area (Å²) < 4.78 is 8.17. The van der Waals surface area contributed by atoms with Gasteiger partial charge in [0.05, 0.1) is 57.9 Å². The highest BCUT2D eigenvalue weighted by Crippen LogP contribution is 2.34. The van der Waals surface area contributed by atoms with Gasteiger partial charge in [-0.3, -0.25) is 14.5 Å². The van der Waals surface area contributed by atoms with Crippen LogP contribution in [0.3, 0.4) is 0 Å². The number of hydrogen-bond donors (Lipinski definition) is 6. The van der Waals surface area contributed by atoms with Gasteiger partial charge in [0.2, 0.25) is 0 Å². The summed E-state index contributed by atoms with van der Waals surface area (Å²) in [7, 11) is 0. The third-order valence-electron chi connectivity index (χ3n) is 11.1. The fourth-order valence-corrected chi connectivity index (χ4v) is 10.6. The second-order valence-electron chi connectivity index (χ2n) is 15.4. The lowest BCUT2D eigenvalue weighted by atomic mass is 9.93. The summed E-state index contributed by atoms with van der Waals surface area (Å²) in [4.78, 5) is 41.4. The van der Waals surface area contributed by atoms with Gasteiger partial charge in [-0.1, -0.05) is 72.1 Å². The highest BCUT2D eigenvalue weighted by atomic mass is 32.2. The van der Waals surface area contributed by atoms with Crippen LogP contribution in [0, 0.1) is 0 Å². The number of thiazole rings is 1. The summed E-state index contributed by atoms with van der Waals surface area (Å²) in [6, 6.07) is 36.4. The number of aromatic nitrogens is 3. The zero-order chi connectivity index (χ0) is 43.1. The molecular weight excluding hydrogens is 847 g/mol. The first-order valence-electron chi connectivity index (χ1n) is 20.8. The van der Waals surface area contributed by atoms with E-state index in [2.05, 4.69) is 50.1 Å². The van der Waals surface area contributed by atoms with Crippen LogP contribution in [0.25, 0.3) is 16.3 Å². The van der Waals surface area contributed by atoms with E-state index in [1.807, 2.05) is 72.8 Å². The molecule has 1 aliphatic heterocycles. The fourth-order valence-electron chi connectivity index (χ4n) is 7.63. The monoisotopic (exact) mass is 893 g/mol. The molecular formula is C48H47N9O3S3. The lowest BCUT2D eigenvalue weighted by Gasteiger charge is -2.38. The van der Waals surface area contributed by atoms with E-state index >= 15 is 0 Å². The fraction of sp³-hybridized carbons (Fsp3) is 0.208. The number of carbonyl (C=O) groups excluding carboxylic acids is 2. The molecule has 1 aliphatic carbocycles.